The lowest BCUT2D eigenvalue weighted by atomic mass is 9.83. The number of rotatable bonds is 18. The summed E-state index contributed by atoms with van der Waals surface area (Å²) in [7, 11) is 0. The highest BCUT2D eigenvalue weighted by Gasteiger charge is 2.35. The third-order valence-corrected chi connectivity index (χ3v) is 12.8. The summed E-state index contributed by atoms with van der Waals surface area (Å²) in [6, 6.07) is 9.96. The highest BCUT2D eigenvalue weighted by atomic mass is 16.2. The first-order chi connectivity index (χ1) is 35.3. The summed E-state index contributed by atoms with van der Waals surface area (Å²) in [4.78, 5) is 136. The number of ketones is 3. The number of hydrogen-bond acceptors (Lipinski definition) is 12. The number of carbonyl (C=O) groups excluding carboxylic acids is 9. The van der Waals surface area contributed by atoms with Gasteiger partial charge in [-0.25, -0.2) is 0 Å². The van der Waals surface area contributed by atoms with Crippen LogP contribution in [-0.4, -0.2) is 120 Å². The lowest BCUT2D eigenvalue weighted by molar-refractivity contribution is -0.135. The fourth-order valence-electron chi connectivity index (χ4n) is 8.85. The standard InChI is InChI=1S/C51H74N14O9/c1-30(66)61-39(18-10-24-59-51(56)57)47(72)63-40-20-19-35(67)14-5-7-17-38(45(53)70)62-46(71)33(26-34-29-60-37-16-8-6-15-36(34)37)28-43(68)32(13-9-23-58-50(54)55)27-44(69)42(25-31-11-3-2-4-12-31)65-49(74)41(21-22-52)64-48(40)73/h2-4,6,8,11-12,15-16,29,32-33,38-42,60H,5,7,9-10,13-14,17-28,52H2,1H3,(H2,53,70)(H,61,66)(H,62,71)(H,63,72)(H,64,73)(H,65,74)(H4,54,55,58)(H4,56,57,59)/t32-,33-,38+,39+,40+,41+,42-/m1/s1. The summed E-state index contributed by atoms with van der Waals surface area (Å²) in [5.41, 5.74) is 36.1. The monoisotopic (exact) mass is 1030 g/mol. The number of amides is 6. The molecule has 402 valence electrons. The van der Waals surface area contributed by atoms with Crippen molar-refractivity contribution in [2.24, 2.45) is 56.2 Å². The van der Waals surface area contributed by atoms with Crippen LogP contribution < -0.4 is 61.0 Å². The number of fused-ring (bicyclic) bond motifs is 1. The molecular weight excluding hydrogens is 953 g/mol. The van der Waals surface area contributed by atoms with E-state index in [1.807, 2.05) is 24.3 Å². The molecule has 0 radical (unpaired) electrons. The Labute approximate surface area is 430 Å². The van der Waals surface area contributed by atoms with Crippen LogP contribution in [0.4, 0.5) is 0 Å². The average molecular weight is 1030 g/mol. The zero-order chi connectivity index (χ0) is 54.2. The Morgan fingerprint density at radius 2 is 1.36 bits per heavy atom. The fourth-order valence-corrected chi connectivity index (χ4v) is 8.85. The van der Waals surface area contributed by atoms with Crippen molar-refractivity contribution in [3.63, 3.8) is 0 Å². The Kier molecular flexibility index (Phi) is 24.2. The van der Waals surface area contributed by atoms with Gasteiger partial charge in [-0.3, -0.25) is 53.1 Å². The van der Waals surface area contributed by atoms with Crippen molar-refractivity contribution in [2.75, 3.05) is 19.6 Å². The zero-order valence-corrected chi connectivity index (χ0v) is 42.1. The molecule has 2 heterocycles. The minimum absolute atomic E-state index is 0.00167. The number of benzene rings is 2. The van der Waals surface area contributed by atoms with Gasteiger partial charge in [0.15, 0.2) is 17.7 Å². The number of carbonyl (C=O) groups is 9. The number of aromatic nitrogens is 1. The topological polar surface area (TPSA) is 410 Å². The van der Waals surface area contributed by atoms with E-state index >= 15 is 0 Å². The minimum atomic E-state index is -1.41. The van der Waals surface area contributed by atoms with Crippen molar-refractivity contribution < 1.29 is 43.2 Å². The average Bonchev–Trinajstić information content (AvgIpc) is 3.76. The van der Waals surface area contributed by atoms with Crippen LogP contribution >= 0.6 is 0 Å². The summed E-state index contributed by atoms with van der Waals surface area (Å²) in [5.74, 6) is -7.98. The molecule has 2 aromatic carbocycles. The maximum absolute atomic E-state index is 14.7. The Morgan fingerprint density at radius 1 is 0.703 bits per heavy atom. The minimum Gasteiger partial charge on any atom is -0.370 e. The van der Waals surface area contributed by atoms with Gasteiger partial charge in [0.25, 0.3) is 0 Å². The second kappa shape index (κ2) is 30.4. The number of Topliss-reactive ketones (excluding diaryl/α,β-unsaturated/α-hetero) is 3. The number of aliphatic imine (C=N–C) groups is 2. The van der Waals surface area contributed by atoms with Gasteiger partial charge in [0, 0.05) is 74.6 Å². The molecular formula is C51H74N14O9. The van der Waals surface area contributed by atoms with E-state index in [2.05, 4.69) is 41.6 Å². The van der Waals surface area contributed by atoms with Crippen LogP contribution in [-0.2, 0) is 56.0 Å². The van der Waals surface area contributed by atoms with Crippen LogP contribution in [0, 0.1) is 11.8 Å². The Hall–Kier alpha value is -7.69. The van der Waals surface area contributed by atoms with Gasteiger partial charge in [0.1, 0.15) is 35.7 Å². The van der Waals surface area contributed by atoms with E-state index in [0.29, 0.717) is 5.56 Å². The summed E-state index contributed by atoms with van der Waals surface area (Å²) >= 11 is 0. The molecule has 7 atom stereocenters. The predicted octanol–water partition coefficient (Wildman–Crippen LogP) is -0.588. The zero-order valence-electron chi connectivity index (χ0n) is 42.1. The molecule has 0 aliphatic carbocycles. The first kappa shape index (κ1) is 58.9. The number of nitrogens with zero attached hydrogens (tertiary/aromatic N) is 2. The van der Waals surface area contributed by atoms with Gasteiger partial charge >= 0.3 is 0 Å². The molecule has 18 N–H and O–H groups in total. The SMILES string of the molecule is CC(=O)N[C@@H](CCCN=C(N)N)C(=O)N[C@H]1CCC(=O)CCCC[C@@H](C(N)=O)NC(=O)[C@H](Cc2c[nH]c3ccccc23)CC(=O)[C@H](CCCN=C(N)N)CC(=O)[C@@H](Cc2ccccc2)NC(=O)[C@H](CCN)NC1=O. The smallest absolute Gasteiger partial charge is 0.243 e. The number of nitrogens with two attached hydrogens (primary N) is 6. The molecule has 0 saturated carbocycles. The van der Waals surface area contributed by atoms with E-state index in [9.17, 15) is 43.2 Å². The number of H-pyrrole nitrogens is 1. The van der Waals surface area contributed by atoms with Gasteiger partial charge in [-0.05, 0) is 87.9 Å². The quantitative estimate of drug-likeness (QED) is 0.0431. The second-order valence-electron chi connectivity index (χ2n) is 18.7. The third kappa shape index (κ3) is 20.1. The summed E-state index contributed by atoms with van der Waals surface area (Å²) in [6.07, 6.45) is 1.88. The summed E-state index contributed by atoms with van der Waals surface area (Å²) in [5, 5.41) is 14.2. The molecule has 0 bridgehead atoms. The van der Waals surface area contributed by atoms with Gasteiger partial charge in [0.05, 0.1) is 6.04 Å². The van der Waals surface area contributed by atoms with E-state index in [1.165, 1.54) is 6.92 Å². The van der Waals surface area contributed by atoms with Crippen LogP contribution in [0.25, 0.3) is 10.9 Å². The molecule has 3 aromatic rings. The van der Waals surface area contributed by atoms with Gasteiger partial charge in [-0.1, -0.05) is 55.0 Å². The fraction of sp³-hybridized carbons (Fsp3) is 0.510. The van der Waals surface area contributed by atoms with E-state index in [1.54, 1.807) is 36.5 Å². The Morgan fingerprint density at radius 3 is 2.04 bits per heavy atom. The summed E-state index contributed by atoms with van der Waals surface area (Å²) < 4.78 is 0. The molecule has 74 heavy (non-hydrogen) atoms. The molecule has 23 heteroatoms. The van der Waals surface area contributed by atoms with Crippen molar-refractivity contribution in [2.45, 2.75) is 133 Å². The highest BCUT2D eigenvalue weighted by molar-refractivity contribution is 5.98. The van der Waals surface area contributed by atoms with Crippen LogP contribution in [0.3, 0.4) is 0 Å². The van der Waals surface area contributed by atoms with E-state index < -0.39 is 89.1 Å². The van der Waals surface area contributed by atoms with Crippen LogP contribution in [0.2, 0.25) is 0 Å². The molecule has 1 fully saturated rings. The molecule has 23 nitrogen and oxygen atoms in total. The molecule has 1 aromatic heterocycles. The van der Waals surface area contributed by atoms with Crippen molar-refractivity contribution in [1.29, 1.82) is 0 Å². The van der Waals surface area contributed by atoms with Crippen LogP contribution in [0.1, 0.15) is 102 Å². The molecule has 0 unspecified atom stereocenters. The molecule has 1 aliphatic heterocycles. The van der Waals surface area contributed by atoms with Crippen molar-refractivity contribution in [3.8, 4) is 0 Å². The number of primary amides is 1. The lowest BCUT2D eigenvalue weighted by Gasteiger charge is -2.27. The number of nitrogens with one attached hydrogen (secondary N) is 6. The molecule has 1 aliphatic rings. The molecule has 6 amide bonds. The van der Waals surface area contributed by atoms with Crippen molar-refractivity contribution >= 4 is 75.6 Å². The maximum Gasteiger partial charge on any atom is 0.243 e. The van der Waals surface area contributed by atoms with E-state index in [0.717, 1.165) is 16.5 Å². The number of guanidine groups is 2. The third-order valence-electron chi connectivity index (χ3n) is 12.8. The Balaban J connectivity index is 1.75. The van der Waals surface area contributed by atoms with Crippen LogP contribution in [0.15, 0.2) is 70.8 Å². The lowest BCUT2D eigenvalue weighted by Crippen LogP contribution is -2.58. The Bertz CT molecular complexity index is 2470. The van der Waals surface area contributed by atoms with Crippen LogP contribution in [0.5, 0.6) is 0 Å². The predicted molar refractivity (Wildman–Crippen MR) is 279 cm³/mol. The van der Waals surface area contributed by atoms with Gasteiger partial charge < -0.3 is 66.0 Å². The normalized spacial score (nSPS) is 21.5. The van der Waals surface area contributed by atoms with Crippen molar-refractivity contribution in [1.82, 2.24) is 31.6 Å². The number of para-hydroxylation sites is 1. The van der Waals surface area contributed by atoms with Crippen molar-refractivity contribution in [3.05, 3.63) is 71.9 Å². The molecule has 4 rings (SSSR count). The number of aromatic amines is 1. The van der Waals surface area contributed by atoms with Gasteiger partial charge in [-0.2, -0.15) is 0 Å². The summed E-state index contributed by atoms with van der Waals surface area (Å²) in [6.45, 7) is 1.39. The highest BCUT2D eigenvalue weighted by Crippen LogP contribution is 2.26. The molecule has 0 spiro atoms. The van der Waals surface area contributed by atoms with E-state index in [4.69, 9.17) is 34.4 Å². The van der Waals surface area contributed by atoms with Gasteiger partial charge in [0.2, 0.25) is 35.4 Å². The van der Waals surface area contributed by atoms with Gasteiger partial charge in [-0.15, -0.1) is 0 Å². The van der Waals surface area contributed by atoms with E-state index in [-0.39, 0.29) is 134 Å². The molecule has 1 saturated heterocycles. The number of hydrogen-bond donors (Lipinski definition) is 12. The largest absolute Gasteiger partial charge is 0.370 e. The second-order valence-corrected chi connectivity index (χ2v) is 18.7. The first-order valence-corrected chi connectivity index (χ1v) is 25.1. The maximum atomic E-state index is 14.7. The first-order valence-electron chi connectivity index (χ1n) is 25.1.